The zero-order valence-corrected chi connectivity index (χ0v) is 19.8. The van der Waals surface area contributed by atoms with Crippen molar-refractivity contribution in [1.29, 1.82) is 5.26 Å². The van der Waals surface area contributed by atoms with E-state index in [0.29, 0.717) is 17.1 Å². The predicted molar refractivity (Wildman–Crippen MR) is 131 cm³/mol. The number of carbonyl (C=O) groups is 2. The fourth-order valence-corrected chi connectivity index (χ4v) is 4.35. The van der Waals surface area contributed by atoms with Gasteiger partial charge in [-0.15, -0.1) is 0 Å². The molecule has 2 aromatic heterocycles. The van der Waals surface area contributed by atoms with Gasteiger partial charge in [-0.3, -0.25) is 9.59 Å². The van der Waals surface area contributed by atoms with E-state index in [4.69, 9.17) is 9.72 Å². The maximum absolute atomic E-state index is 13.2. The monoisotopic (exact) mass is 465 g/mol. The number of pyridine rings is 1. The molecule has 0 radical (unpaired) electrons. The van der Waals surface area contributed by atoms with Crippen LogP contribution in [-0.4, -0.2) is 32.1 Å². The lowest BCUT2D eigenvalue weighted by molar-refractivity contribution is 0.0620. The van der Waals surface area contributed by atoms with Crippen molar-refractivity contribution in [3.8, 4) is 17.6 Å². The van der Waals surface area contributed by atoms with Gasteiger partial charge in [0.25, 0.3) is 5.91 Å². The highest BCUT2D eigenvalue weighted by molar-refractivity contribution is 6.08. The number of fused-ring (bicyclic) bond motifs is 2. The average molecular weight is 466 g/mol. The van der Waals surface area contributed by atoms with Crippen LogP contribution >= 0.6 is 0 Å². The quantitative estimate of drug-likeness (QED) is 0.461. The lowest BCUT2D eigenvalue weighted by Crippen LogP contribution is -2.36. The number of hydrogen-bond donors (Lipinski definition) is 1. The maximum atomic E-state index is 13.2. The van der Waals surface area contributed by atoms with Gasteiger partial charge in [0.15, 0.2) is 17.4 Å². The number of aryl methyl sites for hydroxylation is 2. The Labute approximate surface area is 202 Å². The second-order valence-corrected chi connectivity index (χ2v) is 9.33. The maximum Gasteiger partial charge on any atom is 0.256 e. The molecule has 1 N–H and O–H groups in total. The van der Waals surface area contributed by atoms with Crippen molar-refractivity contribution in [3.63, 3.8) is 0 Å². The summed E-state index contributed by atoms with van der Waals surface area (Å²) in [5.41, 5.74) is 3.08. The van der Waals surface area contributed by atoms with Gasteiger partial charge in [0, 0.05) is 10.9 Å². The molecule has 4 aromatic rings. The predicted octanol–water partition coefficient (Wildman–Crippen LogP) is 4.91. The van der Waals surface area contributed by atoms with Crippen LogP contribution in [0.4, 0.5) is 5.82 Å². The molecule has 174 valence electrons. The fraction of sp³-hybridized carbons (Fsp3) is 0.222. The number of ether oxygens (including phenoxy) is 1. The number of carbonyl (C=O) groups excluding carboxylic acids is 2. The minimum Gasteiger partial charge on any atom is -0.487 e. The first-order chi connectivity index (χ1) is 16.7. The average Bonchev–Trinajstić information content (AvgIpc) is 3.21. The number of amides is 1. The summed E-state index contributed by atoms with van der Waals surface area (Å²) >= 11 is 0. The molecule has 0 fully saturated rings. The third kappa shape index (κ3) is 3.91. The Morgan fingerprint density at radius 3 is 2.74 bits per heavy atom. The fourth-order valence-electron chi connectivity index (χ4n) is 4.35. The minimum absolute atomic E-state index is 0.0835. The van der Waals surface area contributed by atoms with Crippen LogP contribution in [0.1, 0.15) is 57.7 Å². The molecule has 8 heteroatoms. The molecule has 2 aromatic carbocycles. The van der Waals surface area contributed by atoms with Gasteiger partial charge in [-0.1, -0.05) is 18.2 Å². The van der Waals surface area contributed by atoms with Crippen LogP contribution < -0.4 is 10.1 Å². The number of ketones is 1. The van der Waals surface area contributed by atoms with Crippen molar-refractivity contribution in [1.82, 2.24) is 14.8 Å². The molecule has 0 saturated heterocycles. The van der Waals surface area contributed by atoms with E-state index in [-0.39, 0.29) is 29.1 Å². The molecule has 3 heterocycles. The van der Waals surface area contributed by atoms with Crippen LogP contribution in [0.3, 0.4) is 0 Å². The normalized spacial score (nSPS) is 14.2. The van der Waals surface area contributed by atoms with E-state index in [2.05, 4.69) is 16.5 Å². The van der Waals surface area contributed by atoms with Gasteiger partial charge in [0.2, 0.25) is 0 Å². The number of Topliss-reactive ketones (excluding diaryl/α,β-unsaturated/α-hetero) is 1. The summed E-state index contributed by atoms with van der Waals surface area (Å²) in [5.74, 6) is 0.588. The second kappa shape index (κ2) is 8.06. The Bertz CT molecular complexity index is 1580. The topological polar surface area (TPSA) is 110 Å². The van der Waals surface area contributed by atoms with E-state index in [1.807, 2.05) is 52.0 Å². The van der Waals surface area contributed by atoms with E-state index in [1.54, 1.807) is 12.1 Å². The number of nitriles is 1. The largest absolute Gasteiger partial charge is 0.487 e. The SMILES string of the molecule is Cc1cc(-n2ncc(C#N)c2NC(=O)c2ccc3c(c2)C(=O)CC(C)(C)O3)nc2c(C)cccc12. The van der Waals surface area contributed by atoms with Crippen molar-refractivity contribution in [3.05, 3.63) is 76.5 Å². The Kier molecular flexibility index (Phi) is 5.13. The summed E-state index contributed by atoms with van der Waals surface area (Å²) in [5, 5.41) is 17.8. The number of aromatic nitrogens is 3. The number of hydrogen-bond acceptors (Lipinski definition) is 6. The van der Waals surface area contributed by atoms with Gasteiger partial charge in [-0.05, 0) is 63.1 Å². The second-order valence-electron chi connectivity index (χ2n) is 9.33. The molecule has 1 amide bonds. The van der Waals surface area contributed by atoms with Crippen LogP contribution in [0, 0.1) is 25.2 Å². The molecule has 8 nitrogen and oxygen atoms in total. The van der Waals surface area contributed by atoms with E-state index < -0.39 is 11.5 Å². The third-order valence-corrected chi connectivity index (χ3v) is 6.09. The number of nitrogens with zero attached hydrogens (tertiary/aromatic N) is 4. The smallest absolute Gasteiger partial charge is 0.256 e. The van der Waals surface area contributed by atoms with E-state index in [0.717, 1.165) is 22.0 Å². The highest BCUT2D eigenvalue weighted by atomic mass is 16.5. The molecule has 1 aliphatic heterocycles. The van der Waals surface area contributed by atoms with E-state index in [1.165, 1.54) is 16.9 Å². The molecular formula is C27H23N5O3. The highest BCUT2D eigenvalue weighted by Gasteiger charge is 2.33. The lowest BCUT2D eigenvalue weighted by atomic mass is 9.92. The number of nitrogens with one attached hydrogen (secondary N) is 1. The van der Waals surface area contributed by atoms with E-state index in [9.17, 15) is 14.9 Å². The van der Waals surface area contributed by atoms with Gasteiger partial charge < -0.3 is 10.1 Å². The van der Waals surface area contributed by atoms with Crippen LogP contribution in [0.15, 0.2) is 48.7 Å². The summed E-state index contributed by atoms with van der Waals surface area (Å²) < 4.78 is 7.33. The lowest BCUT2D eigenvalue weighted by Gasteiger charge is -2.31. The van der Waals surface area contributed by atoms with Crippen molar-refractivity contribution < 1.29 is 14.3 Å². The first-order valence-corrected chi connectivity index (χ1v) is 11.2. The molecule has 35 heavy (non-hydrogen) atoms. The first-order valence-electron chi connectivity index (χ1n) is 11.2. The molecule has 0 saturated carbocycles. The van der Waals surface area contributed by atoms with Gasteiger partial charge >= 0.3 is 0 Å². The van der Waals surface area contributed by atoms with Crippen LogP contribution in [0.25, 0.3) is 16.7 Å². The Hall–Kier alpha value is -4.51. The van der Waals surface area contributed by atoms with Gasteiger partial charge in [-0.25, -0.2) is 4.98 Å². The zero-order valence-electron chi connectivity index (χ0n) is 19.8. The molecule has 0 unspecified atom stereocenters. The Morgan fingerprint density at radius 1 is 1.17 bits per heavy atom. The molecule has 1 aliphatic rings. The minimum atomic E-state index is -0.592. The Balaban J connectivity index is 1.53. The summed E-state index contributed by atoms with van der Waals surface area (Å²) in [6.45, 7) is 7.66. The summed E-state index contributed by atoms with van der Waals surface area (Å²) in [7, 11) is 0. The van der Waals surface area contributed by atoms with Gasteiger partial charge in [0.1, 0.15) is 23.0 Å². The number of anilines is 1. The van der Waals surface area contributed by atoms with Crippen LogP contribution in [0.5, 0.6) is 5.75 Å². The van der Waals surface area contributed by atoms with Crippen LogP contribution in [-0.2, 0) is 0 Å². The molecule has 0 bridgehead atoms. The van der Waals surface area contributed by atoms with Crippen molar-refractivity contribution in [2.45, 2.75) is 39.7 Å². The molecule has 0 spiro atoms. The van der Waals surface area contributed by atoms with Crippen molar-refractivity contribution in [2.75, 3.05) is 5.32 Å². The summed E-state index contributed by atoms with van der Waals surface area (Å²) in [4.78, 5) is 30.6. The molecule has 5 rings (SSSR count). The third-order valence-electron chi connectivity index (χ3n) is 6.09. The highest BCUT2D eigenvalue weighted by Crippen LogP contribution is 2.34. The van der Waals surface area contributed by atoms with Gasteiger partial charge in [-0.2, -0.15) is 15.0 Å². The number of para-hydroxylation sites is 1. The Morgan fingerprint density at radius 2 is 1.97 bits per heavy atom. The number of rotatable bonds is 3. The summed E-state index contributed by atoms with van der Waals surface area (Å²) in [6, 6.07) is 14.6. The first kappa shape index (κ1) is 22.3. The van der Waals surface area contributed by atoms with E-state index >= 15 is 0 Å². The zero-order chi connectivity index (χ0) is 24.9. The molecule has 0 aliphatic carbocycles. The molecular weight excluding hydrogens is 442 g/mol. The molecule has 0 atom stereocenters. The van der Waals surface area contributed by atoms with Crippen molar-refractivity contribution in [2.24, 2.45) is 0 Å². The van der Waals surface area contributed by atoms with Crippen LogP contribution in [0.2, 0.25) is 0 Å². The van der Waals surface area contributed by atoms with Crippen molar-refractivity contribution >= 4 is 28.4 Å². The standard InChI is InChI=1S/C27H23N5O3/c1-15-6-5-7-19-16(2)10-23(30-24(15)19)32-25(18(13-28)14-29-32)31-26(34)17-8-9-22-20(11-17)21(33)12-27(3,4)35-22/h5-11,14H,12H2,1-4H3,(H,31,34). The number of benzene rings is 2. The summed E-state index contributed by atoms with van der Waals surface area (Å²) in [6.07, 6.45) is 1.61. The van der Waals surface area contributed by atoms with Gasteiger partial charge in [0.05, 0.1) is 23.7 Å².